The fourth-order valence-corrected chi connectivity index (χ4v) is 3.98. The van der Waals surface area contributed by atoms with Crippen molar-refractivity contribution >= 4 is 0 Å². The topological polar surface area (TPSA) is 56.5 Å². The average Bonchev–Trinajstić information content (AvgIpc) is 2.70. The predicted molar refractivity (Wildman–Crippen MR) is 109 cm³/mol. The number of rotatable bonds is 12. The Morgan fingerprint density at radius 3 is 2.85 bits per heavy atom. The highest BCUT2D eigenvalue weighted by Gasteiger charge is 2.24. The van der Waals surface area contributed by atoms with E-state index in [0.29, 0.717) is 18.6 Å². The van der Waals surface area contributed by atoms with Crippen LogP contribution < -0.4 is 0 Å². The van der Waals surface area contributed by atoms with Gasteiger partial charge in [0.05, 0.1) is 6.07 Å². The van der Waals surface area contributed by atoms with Gasteiger partial charge in [0.15, 0.2) is 0 Å². The maximum atomic E-state index is 9.81. The molecule has 2 atom stereocenters. The Morgan fingerprint density at radius 1 is 1.30 bits per heavy atom. The van der Waals surface area contributed by atoms with Gasteiger partial charge in [-0.15, -0.1) is 0 Å². The number of benzene rings is 1. The van der Waals surface area contributed by atoms with Crippen molar-refractivity contribution in [2.45, 2.75) is 57.4 Å². The minimum absolute atomic E-state index is 0.184. The lowest BCUT2D eigenvalue weighted by molar-refractivity contribution is 0.141. The molecule has 27 heavy (non-hydrogen) atoms. The molecule has 0 bridgehead atoms. The number of nitrogens with zero attached hydrogens (tertiary/aromatic N) is 2. The zero-order chi connectivity index (χ0) is 19.3. The second-order valence-corrected chi connectivity index (χ2v) is 7.54. The number of hydrogen-bond donors (Lipinski definition) is 1. The fraction of sp³-hybridized carbons (Fsp3) is 0.609. The lowest BCUT2D eigenvalue weighted by Gasteiger charge is -2.40. The number of aliphatic hydroxyl groups is 1. The smallest absolute Gasteiger partial charge is 0.133 e. The minimum atomic E-state index is 0.184. The summed E-state index contributed by atoms with van der Waals surface area (Å²) >= 11 is 0. The van der Waals surface area contributed by atoms with Crippen LogP contribution in [0.1, 0.15) is 50.5 Å². The van der Waals surface area contributed by atoms with Gasteiger partial charge in [0.1, 0.15) is 6.61 Å². The van der Waals surface area contributed by atoms with E-state index >= 15 is 0 Å². The molecule has 2 rings (SSSR count). The van der Waals surface area contributed by atoms with E-state index in [2.05, 4.69) is 35.7 Å². The first-order valence-corrected chi connectivity index (χ1v) is 10.3. The molecular weight excluding hydrogens is 336 g/mol. The number of allylic oxidation sites excluding steroid dienone is 1. The van der Waals surface area contributed by atoms with Crippen LogP contribution >= 0.6 is 0 Å². The van der Waals surface area contributed by atoms with Crippen molar-refractivity contribution in [1.82, 2.24) is 4.90 Å². The zero-order valence-electron chi connectivity index (χ0n) is 16.5. The van der Waals surface area contributed by atoms with E-state index in [0.717, 1.165) is 45.1 Å². The van der Waals surface area contributed by atoms with Crippen LogP contribution in [0.3, 0.4) is 0 Å². The van der Waals surface area contributed by atoms with Crippen LogP contribution in [0.5, 0.6) is 0 Å². The molecule has 4 nitrogen and oxygen atoms in total. The molecule has 1 N–H and O–H groups in total. The summed E-state index contributed by atoms with van der Waals surface area (Å²) in [6.07, 6.45) is 8.67. The van der Waals surface area contributed by atoms with E-state index in [1.807, 2.05) is 12.1 Å². The minimum Gasteiger partial charge on any atom is -0.396 e. The number of unbranched alkanes of at least 4 members (excludes halogenated alkanes) is 1. The van der Waals surface area contributed by atoms with Crippen LogP contribution in [-0.2, 0) is 11.2 Å². The maximum absolute atomic E-state index is 9.81. The first-order valence-electron chi connectivity index (χ1n) is 10.3. The summed E-state index contributed by atoms with van der Waals surface area (Å²) in [5.74, 6) is 0.323. The van der Waals surface area contributed by atoms with Crippen LogP contribution in [0.4, 0.5) is 0 Å². The molecular formula is C23H34N2O2. The molecule has 0 aromatic heterocycles. The first-order chi connectivity index (χ1) is 13.2. The maximum Gasteiger partial charge on any atom is 0.133 e. The quantitative estimate of drug-likeness (QED) is 0.557. The van der Waals surface area contributed by atoms with Crippen molar-refractivity contribution in [3.05, 3.63) is 48.2 Å². The lowest BCUT2D eigenvalue weighted by atomic mass is 9.89. The van der Waals surface area contributed by atoms with Gasteiger partial charge >= 0.3 is 0 Å². The van der Waals surface area contributed by atoms with Gasteiger partial charge in [-0.05, 0) is 62.8 Å². The molecule has 148 valence electrons. The molecule has 1 aromatic carbocycles. The van der Waals surface area contributed by atoms with Gasteiger partial charge in [-0.1, -0.05) is 36.9 Å². The Hall–Kier alpha value is -1.83. The zero-order valence-corrected chi connectivity index (χ0v) is 16.5. The molecule has 1 aliphatic heterocycles. The number of ether oxygens (including phenoxy) is 1. The van der Waals surface area contributed by atoms with Crippen molar-refractivity contribution in [2.75, 3.05) is 26.4 Å². The van der Waals surface area contributed by atoms with Crippen LogP contribution in [0.2, 0.25) is 0 Å². The fourth-order valence-electron chi connectivity index (χ4n) is 3.98. The van der Waals surface area contributed by atoms with Crippen molar-refractivity contribution < 1.29 is 9.84 Å². The Kier molecular flexibility index (Phi) is 9.97. The summed E-state index contributed by atoms with van der Waals surface area (Å²) in [7, 11) is 0. The molecule has 0 amide bonds. The summed E-state index contributed by atoms with van der Waals surface area (Å²) in [5.41, 5.74) is 2.56. The molecule has 0 aliphatic carbocycles. The van der Waals surface area contributed by atoms with Gasteiger partial charge in [-0.2, -0.15) is 5.26 Å². The van der Waals surface area contributed by atoms with Gasteiger partial charge < -0.3 is 14.7 Å². The molecule has 1 aromatic rings. The Morgan fingerprint density at radius 2 is 2.11 bits per heavy atom. The van der Waals surface area contributed by atoms with Gasteiger partial charge in [0, 0.05) is 31.5 Å². The summed E-state index contributed by atoms with van der Waals surface area (Å²) < 4.78 is 5.25. The molecule has 0 radical (unpaired) electrons. The summed E-state index contributed by atoms with van der Waals surface area (Å²) in [6.45, 7) is 6.39. The third kappa shape index (κ3) is 7.74. The summed E-state index contributed by atoms with van der Waals surface area (Å²) in [5, 5.41) is 18.3. The summed E-state index contributed by atoms with van der Waals surface area (Å²) in [6, 6.07) is 13.0. The van der Waals surface area contributed by atoms with E-state index in [-0.39, 0.29) is 13.2 Å². The van der Waals surface area contributed by atoms with Crippen LogP contribution in [0.15, 0.2) is 42.6 Å². The highest BCUT2D eigenvalue weighted by molar-refractivity contribution is 5.15. The number of nitriles is 1. The predicted octanol–water partition coefficient (Wildman–Crippen LogP) is 4.31. The Balaban J connectivity index is 1.78. The number of aliphatic hydroxyl groups excluding tert-OH is 1. The second kappa shape index (κ2) is 12.5. The van der Waals surface area contributed by atoms with E-state index in [1.165, 1.54) is 24.1 Å². The Bertz CT molecular complexity index is 582. The lowest BCUT2D eigenvalue weighted by Crippen LogP contribution is -2.38. The molecule has 0 unspecified atom stereocenters. The largest absolute Gasteiger partial charge is 0.396 e. The van der Waals surface area contributed by atoms with E-state index < -0.39 is 0 Å². The molecule has 4 heteroatoms. The summed E-state index contributed by atoms with van der Waals surface area (Å²) in [4.78, 5) is 2.49. The standard InChI is InChI=1S/C23H34N2O2/c1-20-8-7-11-23(25(20)15-5-6-16-27-17-14-24)13-12-22(19-26)18-21-9-3-2-4-10-21/h2-4,9-10,22-23,26H,1,5-8,11-13,15-19H2/t22-,23+/m0/s1. The SMILES string of the molecule is C=C1CCC[C@H](CC[C@H](CO)Cc2ccccc2)N1CCCCOCC#N. The molecule has 1 fully saturated rings. The van der Waals surface area contributed by atoms with E-state index in [9.17, 15) is 5.11 Å². The third-order valence-corrected chi connectivity index (χ3v) is 5.49. The number of hydrogen-bond acceptors (Lipinski definition) is 4. The second-order valence-electron chi connectivity index (χ2n) is 7.54. The van der Waals surface area contributed by atoms with Gasteiger partial charge in [-0.3, -0.25) is 0 Å². The third-order valence-electron chi connectivity index (χ3n) is 5.49. The van der Waals surface area contributed by atoms with Crippen molar-refractivity contribution in [2.24, 2.45) is 5.92 Å². The van der Waals surface area contributed by atoms with Crippen LogP contribution in [0, 0.1) is 17.2 Å². The highest BCUT2D eigenvalue weighted by atomic mass is 16.5. The molecule has 0 spiro atoms. The van der Waals surface area contributed by atoms with Crippen molar-refractivity contribution in [1.29, 1.82) is 5.26 Å². The van der Waals surface area contributed by atoms with Crippen molar-refractivity contribution in [3.63, 3.8) is 0 Å². The monoisotopic (exact) mass is 370 g/mol. The average molecular weight is 371 g/mol. The molecule has 1 aliphatic rings. The highest BCUT2D eigenvalue weighted by Crippen LogP contribution is 2.29. The number of likely N-dealkylation sites (tertiary alicyclic amines) is 1. The van der Waals surface area contributed by atoms with Gasteiger partial charge in [0.2, 0.25) is 0 Å². The number of piperidine rings is 1. The van der Waals surface area contributed by atoms with Crippen LogP contribution in [-0.4, -0.2) is 42.4 Å². The normalized spacial score (nSPS) is 18.3. The van der Waals surface area contributed by atoms with Gasteiger partial charge in [-0.25, -0.2) is 0 Å². The van der Waals surface area contributed by atoms with Crippen LogP contribution in [0.25, 0.3) is 0 Å². The molecule has 0 saturated carbocycles. The first kappa shape index (κ1) is 21.5. The van der Waals surface area contributed by atoms with E-state index in [1.54, 1.807) is 0 Å². The Labute approximate surface area is 164 Å². The van der Waals surface area contributed by atoms with E-state index in [4.69, 9.17) is 10.00 Å². The van der Waals surface area contributed by atoms with Gasteiger partial charge in [0.25, 0.3) is 0 Å². The van der Waals surface area contributed by atoms with Crippen molar-refractivity contribution in [3.8, 4) is 6.07 Å². The molecule has 1 heterocycles. The molecule has 1 saturated heterocycles.